The number of halogens is 1. The Balaban J connectivity index is 2.47. The number of benzene rings is 1. The van der Waals surface area contributed by atoms with E-state index in [0.29, 0.717) is 13.0 Å². The molecular weight excluding hydrogens is 344 g/mol. The number of rotatable bonds is 8. The molecule has 1 aromatic carbocycles. The van der Waals surface area contributed by atoms with Gasteiger partial charge in [0.05, 0.1) is 0 Å². The van der Waals surface area contributed by atoms with E-state index in [-0.39, 0.29) is 11.8 Å². The Kier molecular flexibility index (Phi) is 8.17. The van der Waals surface area contributed by atoms with E-state index in [4.69, 9.17) is 0 Å². The lowest BCUT2D eigenvalue weighted by atomic mass is 10.2. The monoisotopic (exact) mass is 368 g/mol. The minimum absolute atomic E-state index is 0.0312. The average molecular weight is 369 g/mol. The molecule has 0 spiro atoms. The summed E-state index contributed by atoms with van der Waals surface area (Å²) in [6, 6.07) is 5.73. The molecule has 2 amide bonds. The van der Waals surface area contributed by atoms with Gasteiger partial charge in [-0.3, -0.25) is 9.59 Å². The lowest BCUT2D eigenvalue weighted by Crippen LogP contribution is -2.33. The van der Waals surface area contributed by atoms with Gasteiger partial charge in [-0.2, -0.15) is 0 Å². The third-order valence-corrected chi connectivity index (χ3v) is 4.04. The Labute approximate surface area is 141 Å². The molecule has 22 heavy (non-hydrogen) atoms. The topological polar surface area (TPSA) is 49.4 Å². The lowest BCUT2D eigenvalue weighted by Gasteiger charge is -2.20. The highest BCUT2D eigenvalue weighted by Gasteiger charge is 2.11. The summed E-state index contributed by atoms with van der Waals surface area (Å²) in [5, 5.41) is 2.90. The number of nitrogens with zero attached hydrogens (tertiary/aromatic N) is 1. The van der Waals surface area contributed by atoms with E-state index in [1.165, 1.54) is 0 Å². The quantitative estimate of drug-likeness (QED) is 0.701. The van der Waals surface area contributed by atoms with E-state index < -0.39 is 0 Å². The van der Waals surface area contributed by atoms with Crippen molar-refractivity contribution in [2.24, 2.45) is 0 Å². The van der Waals surface area contributed by atoms with Gasteiger partial charge in [0.2, 0.25) is 11.8 Å². The van der Waals surface area contributed by atoms with E-state index in [2.05, 4.69) is 28.2 Å². The van der Waals surface area contributed by atoms with Gasteiger partial charge in [-0.05, 0) is 37.1 Å². The van der Waals surface area contributed by atoms with Gasteiger partial charge < -0.3 is 10.2 Å². The number of aryl methyl sites for hydroxylation is 1. The molecule has 0 saturated heterocycles. The van der Waals surface area contributed by atoms with Gasteiger partial charge in [0.25, 0.3) is 0 Å². The molecule has 0 heterocycles. The third kappa shape index (κ3) is 6.60. The summed E-state index contributed by atoms with van der Waals surface area (Å²) in [4.78, 5) is 25.4. The van der Waals surface area contributed by atoms with Crippen LogP contribution in [0.15, 0.2) is 22.7 Å². The van der Waals surface area contributed by atoms with Gasteiger partial charge in [0, 0.05) is 36.6 Å². The predicted molar refractivity (Wildman–Crippen MR) is 93.9 cm³/mol. The molecule has 4 nitrogen and oxygen atoms in total. The number of nitrogens with one attached hydrogen (secondary N) is 1. The van der Waals surface area contributed by atoms with Crippen molar-refractivity contribution in [1.29, 1.82) is 0 Å². The molecular formula is C17H25BrN2O2. The highest BCUT2D eigenvalue weighted by Crippen LogP contribution is 2.20. The Morgan fingerprint density at radius 3 is 2.55 bits per heavy atom. The van der Waals surface area contributed by atoms with Gasteiger partial charge in [-0.15, -0.1) is 0 Å². The van der Waals surface area contributed by atoms with Crippen LogP contribution in [0.2, 0.25) is 0 Å². The summed E-state index contributed by atoms with van der Waals surface area (Å²) in [5.74, 6) is -0.0316. The number of hydrogen-bond acceptors (Lipinski definition) is 2. The lowest BCUT2D eigenvalue weighted by molar-refractivity contribution is -0.129. The van der Waals surface area contributed by atoms with Crippen LogP contribution in [0.1, 0.15) is 45.1 Å². The van der Waals surface area contributed by atoms with Crippen molar-refractivity contribution >= 4 is 33.4 Å². The molecule has 0 radical (unpaired) electrons. The molecule has 0 unspecified atom stereocenters. The third-order valence-electron chi connectivity index (χ3n) is 3.55. The first kappa shape index (κ1) is 18.7. The number of carbonyl (C=O) groups excluding carboxylic acids is 2. The van der Waals surface area contributed by atoms with Crippen LogP contribution in [0.3, 0.4) is 0 Å². The molecule has 0 aliphatic carbocycles. The first-order valence-electron chi connectivity index (χ1n) is 7.75. The molecule has 1 N–H and O–H groups in total. The summed E-state index contributed by atoms with van der Waals surface area (Å²) in [5.41, 5.74) is 1.82. The summed E-state index contributed by atoms with van der Waals surface area (Å²) >= 11 is 3.40. The largest absolute Gasteiger partial charge is 0.342 e. The number of amides is 2. The molecule has 0 bridgehead atoms. The minimum Gasteiger partial charge on any atom is -0.342 e. The highest BCUT2D eigenvalue weighted by atomic mass is 79.9. The van der Waals surface area contributed by atoms with Gasteiger partial charge in [-0.25, -0.2) is 0 Å². The molecule has 0 saturated carbocycles. The Bertz CT molecular complexity index is 517. The zero-order chi connectivity index (χ0) is 16.5. The van der Waals surface area contributed by atoms with E-state index >= 15 is 0 Å². The molecule has 122 valence electrons. The fourth-order valence-electron chi connectivity index (χ4n) is 2.20. The van der Waals surface area contributed by atoms with Crippen LogP contribution in [0, 0.1) is 6.92 Å². The van der Waals surface area contributed by atoms with Crippen molar-refractivity contribution in [2.45, 2.75) is 46.5 Å². The van der Waals surface area contributed by atoms with Crippen LogP contribution in [0.25, 0.3) is 0 Å². The second-order valence-electron chi connectivity index (χ2n) is 5.47. The average Bonchev–Trinajstić information content (AvgIpc) is 2.45. The van der Waals surface area contributed by atoms with E-state index in [1.807, 2.05) is 25.1 Å². The first-order chi connectivity index (χ1) is 10.4. The van der Waals surface area contributed by atoms with Gasteiger partial charge >= 0.3 is 0 Å². The molecule has 0 fully saturated rings. The fourth-order valence-corrected chi connectivity index (χ4v) is 2.67. The molecule has 0 aromatic heterocycles. The van der Waals surface area contributed by atoms with E-state index in [0.717, 1.165) is 41.5 Å². The maximum atomic E-state index is 12.0. The molecule has 1 aromatic rings. The smallest absolute Gasteiger partial charge is 0.226 e. The maximum Gasteiger partial charge on any atom is 0.226 e. The van der Waals surface area contributed by atoms with Crippen molar-refractivity contribution in [3.8, 4) is 0 Å². The van der Waals surface area contributed by atoms with E-state index in [1.54, 1.807) is 11.8 Å². The predicted octanol–water partition coefficient (Wildman–Crippen LogP) is 4.12. The second-order valence-corrected chi connectivity index (χ2v) is 6.39. The number of anilines is 1. The summed E-state index contributed by atoms with van der Waals surface area (Å²) in [6.45, 7) is 6.84. The van der Waals surface area contributed by atoms with Gasteiger partial charge in [0.1, 0.15) is 0 Å². The number of carbonyl (C=O) groups is 2. The standard InChI is InChI=1S/C17H25BrN2O2/c1-4-5-6-10-20(14(3)21)11-9-17(22)19-16-8-7-15(18)12-13(16)2/h7-8,12H,4-6,9-11H2,1-3H3,(H,19,22). The normalized spacial score (nSPS) is 10.4. The second kappa shape index (κ2) is 9.62. The maximum absolute atomic E-state index is 12.0. The van der Waals surface area contributed by atoms with Crippen LogP contribution in [-0.2, 0) is 9.59 Å². The number of hydrogen-bond donors (Lipinski definition) is 1. The highest BCUT2D eigenvalue weighted by molar-refractivity contribution is 9.10. The zero-order valence-electron chi connectivity index (χ0n) is 13.6. The van der Waals surface area contributed by atoms with Crippen molar-refractivity contribution in [3.63, 3.8) is 0 Å². The zero-order valence-corrected chi connectivity index (χ0v) is 15.2. The van der Waals surface area contributed by atoms with Crippen LogP contribution in [0.5, 0.6) is 0 Å². The van der Waals surface area contributed by atoms with Gasteiger partial charge in [0.15, 0.2) is 0 Å². The van der Waals surface area contributed by atoms with Crippen LogP contribution in [-0.4, -0.2) is 29.8 Å². The van der Waals surface area contributed by atoms with Crippen LogP contribution in [0.4, 0.5) is 5.69 Å². The SMILES string of the molecule is CCCCCN(CCC(=O)Nc1ccc(Br)cc1C)C(C)=O. The summed E-state index contributed by atoms with van der Waals surface area (Å²) in [6.07, 6.45) is 3.54. The van der Waals surface area contributed by atoms with Crippen molar-refractivity contribution in [3.05, 3.63) is 28.2 Å². The summed E-state index contributed by atoms with van der Waals surface area (Å²) < 4.78 is 0.988. The minimum atomic E-state index is -0.0628. The van der Waals surface area contributed by atoms with Crippen molar-refractivity contribution < 1.29 is 9.59 Å². The molecule has 1 rings (SSSR count). The van der Waals surface area contributed by atoms with Crippen LogP contribution < -0.4 is 5.32 Å². The Morgan fingerprint density at radius 1 is 1.23 bits per heavy atom. The first-order valence-corrected chi connectivity index (χ1v) is 8.54. The Hall–Kier alpha value is -1.36. The van der Waals surface area contributed by atoms with Gasteiger partial charge in [-0.1, -0.05) is 35.7 Å². The van der Waals surface area contributed by atoms with Crippen molar-refractivity contribution in [1.82, 2.24) is 4.90 Å². The molecule has 0 aliphatic heterocycles. The molecule has 0 aliphatic rings. The van der Waals surface area contributed by atoms with E-state index in [9.17, 15) is 9.59 Å². The molecule has 5 heteroatoms. The fraction of sp³-hybridized carbons (Fsp3) is 0.529. The number of unbranched alkanes of at least 4 members (excludes halogenated alkanes) is 2. The van der Waals surface area contributed by atoms with Crippen LogP contribution >= 0.6 is 15.9 Å². The summed E-state index contributed by atoms with van der Waals surface area (Å²) in [7, 11) is 0. The van der Waals surface area contributed by atoms with Crippen molar-refractivity contribution in [2.75, 3.05) is 18.4 Å². The Morgan fingerprint density at radius 2 is 1.95 bits per heavy atom. The molecule has 0 atom stereocenters.